The molecule has 1 aromatic carbocycles. The molecule has 0 aliphatic heterocycles. The number of carbonyl (C=O) groups is 1. The first-order valence-corrected chi connectivity index (χ1v) is 5.18. The molecule has 15 heavy (non-hydrogen) atoms. The van der Waals surface area contributed by atoms with Crippen LogP contribution in [-0.2, 0) is 5.33 Å². The number of alkyl halides is 1. The van der Waals surface area contributed by atoms with E-state index < -0.39 is 11.8 Å². The minimum absolute atomic E-state index is 0.286. The minimum atomic E-state index is -0.788. The third kappa shape index (κ3) is 3.67. The van der Waals surface area contributed by atoms with Gasteiger partial charge in [-0.1, -0.05) is 28.1 Å². The number of halogens is 2. The van der Waals surface area contributed by atoms with Gasteiger partial charge in [-0.15, -0.1) is 0 Å². The molecule has 0 radical (unpaired) electrons. The summed E-state index contributed by atoms with van der Waals surface area (Å²) in [5.74, 6) is -0.401. The van der Waals surface area contributed by atoms with Gasteiger partial charge in [0.05, 0.1) is 6.21 Å². The quantitative estimate of drug-likeness (QED) is 0.492. The molecule has 1 rings (SSSR count). The van der Waals surface area contributed by atoms with Crippen molar-refractivity contribution in [3.63, 3.8) is 0 Å². The molecule has 0 atom stereocenters. The third-order valence-corrected chi connectivity index (χ3v) is 2.25. The number of nitrogens with one attached hydrogen (secondary N) is 1. The summed E-state index contributed by atoms with van der Waals surface area (Å²) in [6.07, 6.45) is 1.19. The number of hydrogen-bond acceptors (Lipinski definition) is 2. The standard InChI is InChI=1S/C9H9BrFN3O/c10-4-6-1-2-7(8(11)3-6)5-13-14-9(12)15/h1-3,5H,4H2,(H3,12,14,15). The summed E-state index contributed by atoms with van der Waals surface area (Å²) < 4.78 is 13.3. The second kappa shape index (κ2) is 5.45. The highest BCUT2D eigenvalue weighted by Crippen LogP contribution is 2.11. The van der Waals surface area contributed by atoms with Crippen molar-refractivity contribution < 1.29 is 9.18 Å². The molecular formula is C9H9BrFN3O. The van der Waals surface area contributed by atoms with Gasteiger partial charge in [0.1, 0.15) is 5.82 Å². The van der Waals surface area contributed by atoms with Crippen molar-refractivity contribution in [3.05, 3.63) is 35.1 Å². The molecule has 0 heterocycles. The summed E-state index contributed by atoms with van der Waals surface area (Å²) in [5, 5.41) is 4.04. The maximum absolute atomic E-state index is 13.3. The Morgan fingerprint density at radius 3 is 2.93 bits per heavy atom. The molecule has 0 unspecified atom stereocenters. The van der Waals surface area contributed by atoms with E-state index in [2.05, 4.69) is 21.0 Å². The number of rotatable bonds is 3. The molecule has 0 aliphatic carbocycles. The fourth-order valence-corrected chi connectivity index (χ4v) is 1.27. The fourth-order valence-electron chi connectivity index (χ4n) is 0.924. The Bertz CT molecular complexity index is 395. The summed E-state index contributed by atoms with van der Waals surface area (Å²) >= 11 is 3.21. The average Bonchev–Trinajstić information content (AvgIpc) is 2.20. The van der Waals surface area contributed by atoms with E-state index in [0.29, 0.717) is 5.33 Å². The molecule has 0 spiro atoms. The van der Waals surface area contributed by atoms with Gasteiger partial charge in [0.15, 0.2) is 0 Å². The number of hydrazone groups is 1. The van der Waals surface area contributed by atoms with Gasteiger partial charge in [-0.2, -0.15) is 5.10 Å². The zero-order chi connectivity index (χ0) is 11.3. The lowest BCUT2D eigenvalue weighted by Crippen LogP contribution is -2.24. The van der Waals surface area contributed by atoms with Crippen molar-refractivity contribution in [3.8, 4) is 0 Å². The fraction of sp³-hybridized carbons (Fsp3) is 0.111. The van der Waals surface area contributed by atoms with Gasteiger partial charge in [-0.3, -0.25) is 0 Å². The predicted molar refractivity (Wildman–Crippen MR) is 59.3 cm³/mol. The Kier molecular flexibility index (Phi) is 4.23. The van der Waals surface area contributed by atoms with Crippen molar-refractivity contribution in [2.24, 2.45) is 10.8 Å². The number of carbonyl (C=O) groups excluding carboxylic acids is 1. The van der Waals surface area contributed by atoms with Gasteiger partial charge in [-0.25, -0.2) is 14.6 Å². The minimum Gasteiger partial charge on any atom is -0.350 e. The number of nitrogens with two attached hydrogens (primary N) is 1. The van der Waals surface area contributed by atoms with E-state index in [9.17, 15) is 9.18 Å². The van der Waals surface area contributed by atoms with E-state index in [4.69, 9.17) is 5.73 Å². The van der Waals surface area contributed by atoms with E-state index in [1.54, 1.807) is 12.1 Å². The second-order valence-electron chi connectivity index (χ2n) is 2.72. The summed E-state index contributed by atoms with van der Waals surface area (Å²) in [7, 11) is 0. The third-order valence-electron chi connectivity index (χ3n) is 1.60. The predicted octanol–water partition coefficient (Wildman–Crippen LogP) is 1.72. The van der Waals surface area contributed by atoms with Crippen LogP contribution in [0.1, 0.15) is 11.1 Å². The van der Waals surface area contributed by atoms with Crippen LogP contribution in [0, 0.1) is 5.82 Å². The van der Waals surface area contributed by atoms with Crippen LogP contribution in [0.15, 0.2) is 23.3 Å². The topological polar surface area (TPSA) is 67.5 Å². The first-order valence-electron chi connectivity index (χ1n) is 4.06. The van der Waals surface area contributed by atoms with Crippen LogP contribution in [0.4, 0.5) is 9.18 Å². The van der Waals surface area contributed by atoms with Crippen LogP contribution in [0.5, 0.6) is 0 Å². The molecule has 80 valence electrons. The monoisotopic (exact) mass is 273 g/mol. The largest absolute Gasteiger partial charge is 0.350 e. The van der Waals surface area contributed by atoms with Crippen molar-refractivity contribution in [1.82, 2.24) is 5.43 Å². The number of hydrogen-bond donors (Lipinski definition) is 2. The summed E-state index contributed by atoms with van der Waals surface area (Å²) in [5.41, 5.74) is 7.87. The van der Waals surface area contributed by atoms with E-state index in [1.165, 1.54) is 12.3 Å². The second-order valence-corrected chi connectivity index (χ2v) is 3.28. The van der Waals surface area contributed by atoms with Crippen LogP contribution in [-0.4, -0.2) is 12.2 Å². The molecule has 0 bridgehead atoms. The van der Waals surface area contributed by atoms with Crippen molar-refractivity contribution in [1.29, 1.82) is 0 Å². The normalized spacial score (nSPS) is 10.5. The molecule has 0 aromatic heterocycles. The van der Waals surface area contributed by atoms with Crippen LogP contribution in [0.25, 0.3) is 0 Å². The number of amides is 2. The molecule has 2 amide bonds. The average molecular weight is 274 g/mol. The Morgan fingerprint density at radius 2 is 2.40 bits per heavy atom. The van der Waals surface area contributed by atoms with Crippen molar-refractivity contribution >= 4 is 28.2 Å². The van der Waals surface area contributed by atoms with Gasteiger partial charge in [0, 0.05) is 10.9 Å². The molecular weight excluding hydrogens is 265 g/mol. The van der Waals surface area contributed by atoms with Crippen LogP contribution >= 0.6 is 15.9 Å². The maximum atomic E-state index is 13.3. The van der Waals surface area contributed by atoms with Crippen molar-refractivity contribution in [2.45, 2.75) is 5.33 Å². The molecule has 0 saturated carbocycles. The highest BCUT2D eigenvalue weighted by Gasteiger charge is 2.00. The molecule has 6 heteroatoms. The summed E-state index contributed by atoms with van der Waals surface area (Å²) in [6.45, 7) is 0. The Balaban J connectivity index is 2.78. The van der Waals surface area contributed by atoms with Gasteiger partial charge >= 0.3 is 6.03 Å². The van der Waals surface area contributed by atoms with Crippen LogP contribution in [0.3, 0.4) is 0 Å². The van der Waals surface area contributed by atoms with Crippen molar-refractivity contribution in [2.75, 3.05) is 0 Å². The van der Waals surface area contributed by atoms with E-state index >= 15 is 0 Å². The lowest BCUT2D eigenvalue weighted by Gasteiger charge is -1.99. The highest BCUT2D eigenvalue weighted by molar-refractivity contribution is 9.08. The van der Waals surface area contributed by atoms with E-state index in [1.807, 2.05) is 5.43 Å². The van der Waals surface area contributed by atoms with Crippen LogP contribution < -0.4 is 11.2 Å². The highest BCUT2D eigenvalue weighted by atomic mass is 79.9. The van der Waals surface area contributed by atoms with Gasteiger partial charge < -0.3 is 5.73 Å². The SMILES string of the molecule is NC(=O)NN=Cc1ccc(CBr)cc1F. The van der Waals surface area contributed by atoms with Gasteiger partial charge in [0.2, 0.25) is 0 Å². The van der Waals surface area contributed by atoms with E-state index in [-0.39, 0.29) is 5.56 Å². The Morgan fingerprint density at radius 1 is 1.67 bits per heavy atom. The number of benzene rings is 1. The summed E-state index contributed by atoms with van der Waals surface area (Å²) in [4.78, 5) is 10.3. The number of primary amides is 1. The summed E-state index contributed by atoms with van der Waals surface area (Å²) in [6, 6.07) is 3.92. The maximum Gasteiger partial charge on any atom is 0.332 e. The van der Waals surface area contributed by atoms with Gasteiger partial charge in [0.25, 0.3) is 0 Å². The zero-order valence-corrected chi connectivity index (χ0v) is 9.29. The number of nitrogens with zero attached hydrogens (tertiary/aromatic N) is 1. The Hall–Kier alpha value is -1.43. The molecule has 0 saturated heterocycles. The smallest absolute Gasteiger partial charge is 0.332 e. The molecule has 4 nitrogen and oxygen atoms in total. The number of urea groups is 1. The molecule has 0 aliphatic rings. The zero-order valence-electron chi connectivity index (χ0n) is 7.71. The first-order chi connectivity index (χ1) is 7.13. The first kappa shape index (κ1) is 11.6. The van der Waals surface area contributed by atoms with Crippen LogP contribution in [0.2, 0.25) is 0 Å². The molecule has 1 aromatic rings. The lowest BCUT2D eigenvalue weighted by atomic mass is 10.1. The lowest BCUT2D eigenvalue weighted by molar-refractivity contribution is 0.249. The molecule has 0 fully saturated rings. The molecule has 3 N–H and O–H groups in total. The van der Waals surface area contributed by atoms with Gasteiger partial charge in [-0.05, 0) is 11.6 Å². The van der Waals surface area contributed by atoms with E-state index in [0.717, 1.165) is 5.56 Å². The Labute approximate surface area is 94.5 Å².